The van der Waals surface area contributed by atoms with Gasteiger partial charge < -0.3 is 15.4 Å². The van der Waals surface area contributed by atoms with Crippen LogP contribution < -0.4 is 5.73 Å². The fourth-order valence-corrected chi connectivity index (χ4v) is 2.81. The molecule has 1 aliphatic rings. The number of aromatic nitrogens is 4. The Hall–Kier alpha value is -1.95. The van der Waals surface area contributed by atoms with Crippen molar-refractivity contribution in [1.82, 2.24) is 19.5 Å². The Morgan fingerprint density at radius 2 is 2.26 bits per heavy atom. The summed E-state index contributed by atoms with van der Waals surface area (Å²) in [7, 11) is 0. The van der Waals surface area contributed by atoms with Gasteiger partial charge in [0.05, 0.1) is 12.9 Å². The molecule has 0 aromatic carbocycles. The first-order valence-corrected chi connectivity index (χ1v) is 6.50. The van der Waals surface area contributed by atoms with E-state index in [9.17, 15) is 0 Å². The molecule has 6 nitrogen and oxygen atoms in total. The van der Waals surface area contributed by atoms with Crippen molar-refractivity contribution in [2.24, 2.45) is 5.92 Å². The Labute approximate surface area is 111 Å². The average Bonchev–Trinajstić information content (AvgIpc) is 3.02. The van der Waals surface area contributed by atoms with Crippen LogP contribution in [0.25, 0.3) is 11.2 Å². The van der Waals surface area contributed by atoms with Crippen molar-refractivity contribution in [3.63, 3.8) is 0 Å². The SMILES string of the molecule is Nc1ncnc2c1ncn2[C@H]1CC[C@@H](/C=C/CO)C1. The van der Waals surface area contributed by atoms with E-state index >= 15 is 0 Å². The molecule has 1 saturated carbocycles. The third kappa shape index (κ3) is 2.19. The van der Waals surface area contributed by atoms with Gasteiger partial charge >= 0.3 is 0 Å². The van der Waals surface area contributed by atoms with Crippen molar-refractivity contribution in [3.8, 4) is 0 Å². The van der Waals surface area contributed by atoms with Gasteiger partial charge in [-0.2, -0.15) is 0 Å². The van der Waals surface area contributed by atoms with Crippen molar-refractivity contribution in [3.05, 3.63) is 24.8 Å². The van der Waals surface area contributed by atoms with E-state index < -0.39 is 0 Å². The van der Waals surface area contributed by atoms with Crippen LogP contribution in [0.1, 0.15) is 25.3 Å². The van der Waals surface area contributed by atoms with Crippen molar-refractivity contribution in [1.29, 1.82) is 0 Å². The predicted molar refractivity (Wildman–Crippen MR) is 72.3 cm³/mol. The van der Waals surface area contributed by atoms with Crippen LogP contribution in [0.15, 0.2) is 24.8 Å². The maximum atomic E-state index is 8.82. The Kier molecular flexibility index (Phi) is 3.16. The summed E-state index contributed by atoms with van der Waals surface area (Å²) in [5.74, 6) is 0.951. The van der Waals surface area contributed by atoms with Crippen molar-refractivity contribution in [2.45, 2.75) is 25.3 Å². The molecule has 0 radical (unpaired) electrons. The molecule has 0 bridgehead atoms. The topological polar surface area (TPSA) is 89.9 Å². The second kappa shape index (κ2) is 4.97. The summed E-state index contributed by atoms with van der Waals surface area (Å²) in [6.45, 7) is 0.110. The zero-order valence-electron chi connectivity index (χ0n) is 10.6. The Bertz CT molecular complexity index is 606. The molecule has 2 aromatic rings. The fourth-order valence-electron chi connectivity index (χ4n) is 2.81. The number of aliphatic hydroxyl groups excluding tert-OH is 1. The molecule has 2 heterocycles. The van der Waals surface area contributed by atoms with Gasteiger partial charge in [-0.15, -0.1) is 0 Å². The maximum Gasteiger partial charge on any atom is 0.165 e. The highest BCUT2D eigenvalue weighted by atomic mass is 16.2. The zero-order valence-corrected chi connectivity index (χ0v) is 10.6. The lowest BCUT2D eigenvalue weighted by molar-refractivity contribution is 0.341. The molecule has 2 atom stereocenters. The molecule has 0 spiro atoms. The highest BCUT2D eigenvalue weighted by Gasteiger charge is 2.25. The minimum absolute atomic E-state index is 0.110. The summed E-state index contributed by atoms with van der Waals surface area (Å²) in [5, 5.41) is 8.82. The number of anilines is 1. The van der Waals surface area contributed by atoms with Crippen LogP contribution >= 0.6 is 0 Å². The zero-order chi connectivity index (χ0) is 13.2. The number of nitrogens with zero attached hydrogens (tertiary/aromatic N) is 4. The number of imidazole rings is 1. The van der Waals surface area contributed by atoms with Gasteiger partial charge in [0.25, 0.3) is 0 Å². The third-order valence-corrected chi connectivity index (χ3v) is 3.74. The second-order valence-corrected chi connectivity index (χ2v) is 4.92. The van der Waals surface area contributed by atoms with Gasteiger partial charge in [0.2, 0.25) is 0 Å². The molecular formula is C13H17N5O. The van der Waals surface area contributed by atoms with E-state index in [1.807, 2.05) is 6.08 Å². The van der Waals surface area contributed by atoms with Crippen LogP contribution in [-0.4, -0.2) is 31.2 Å². The number of nitrogen functional groups attached to an aromatic ring is 1. The summed E-state index contributed by atoms with van der Waals surface area (Å²) >= 11 is 0. The molecule has 1 fully saturated rings. The van der Waals surface area contributed by atoms with E-state index in [-0.39, 0.29) is 6.61 Å². The van der Waals surface area contributed by atoms with E-state index in [1.54, 1.807) is 6.33 Å². The third-order valence-electron chi connectivity index (χ3n) is 3.74. The predicted octanol–water partition coefficient (Wildman–Crippen LogP) is 1.30. The highest BCUT2D eigenvalue weighted by Crippen LogP contribution is 2.36. The van der Waals surface area contributed by atoms with E-state index in [1.165, 1.54) is 6.33 Å². The lowest BCUT2D eigenvalue weighted by atomic mass is 10.1. The molecule has 0 unspecified atom stereocenters. The van der Waals surface area contributed by atoms with Gasteiger partial charge in [0.15, 0.2) is 11.5 Å². The summed E-state index contributed by atoms with van der Waals surface area (Å²) in [5.41, 5.74) is 7.28. The van der Waals surface area contributed by atoms with Crippen LogP contribution in [-0.2, 0) is 0 Å². The first-order valence-electron chi connectivity index (χ1n) is 6.50. The van der Waals surface area contributed by atoms with E-state index in [0.29, 0.717) is 23.3 Å². The molecule has 6 heteroatoms. The van der Waals surface area contributed by atoms with E-state index in [0.717, 1.165) is 24.9 Å². The second-order valence-electron chi connectivity index (χ2n) is 4.92. The van der Waals surface area contributed by atoms with Crippen molar-refractivity contribution < 1.29 is 5.11 Å². The van der Waals surface area contributed by atoms with Crippen LogP contribution in [0, 0.1) is 5.92 Å². The molecule has 2 aromatic heterocycles. The first-order chi connectivity index (χ1) is 9.29. The first kappa shape index (κ1) is 12.1. The van der Waals surface area contributed by atoms with Gasteiger partial charge in [-0.25, -0.2) is 15.0 Å². The minimum atomic E-state index is 0.110. The molecule has 0 amide bonds. The summed E-state index contributed by atoms with van der Waals surface area (Å²) in [4.78, 5) is 12.5. The number of fused-ring (bicyclic) bond motifs is 1. The number of aliphatic hydroxyl groups is 1. The molecule has 19 heavy (non-hydrogen) atoms. The highest BCUT2D eigenvalue weighted by molar-refractivity contribution is 5.81. The van der Waals surface area contributed by atoms with Crippen LogP contribution in [0.5, 0.6) is 0 Å². The molecule has 0 aliphatic heterocycles. The minimum Gasteiger partial charge on any atom is -0.392 e. The number of rotatable bonds is 3. The van der Waals surface area contributed by atoms with E-state index in [4.69, 9.17) is 10.8 Å². The largest absolute Gasteiger partial charge is 0.392 e. The van der Waals surface area contributed by atoms with Crippen molar-refractivity contribution >= 4 is 17.0 Å². The molecule has 1 aliphatic carbocycles. The normalized spacial score (nSPS) is 23.6. The number of hydrogen-bond acceptors (Lipinski definition) is 5. The van der Waals surface area contributed by atoms with Gasteiger partial charge in [-0.3, -0.25) is 0 Å². The average molecular weight is 259 g/mol. The monoisotopic (exact) mass is 259 g/mol. The quantitative estimate of drug-likeness (QED) is 0.811. The van der Waals surface area contributed by atoms with Gasteiger partial charge in [0.1, 0.15) is 11.8 Å². The lowest BCUT2D eigenvalue weighted by Crippen LogP contribution is -2.05. The van der Waals surface area contributed by atoms with Crippen LogP contribution in [0.3, 0.4) is 0 Å². The molecule has 0 saturated heterocycles. The Balaban J connectivity index is 1.86. The number of hydrogen-bond donors (Lipinski definition) is 2. The lowest BCUT2D eigenvalue weighted by Gasteiger charge is -2.12. The van der Waals surface area contributed by atoms with Gasteiger partial charge in [0, 0.05) is 6.04 Å². The number of allylic oxidation sites excluding steroid dienone is 1. The standard InChI is InChI=1S/C13H17N5O/c14-12-11-13(16-7-15-12)18(8-17-11)10-4-3-9(6-10)2-1-5-19/h1-2,7-10,19H,3-6H2,(H2,14,15,16)/b2-1+/t9-,10+/m1/s1. The fraction of sp³-hybridized carbons (Fsp3) is 0.462. The molecule has 3 rings (SSSR count). The maximum absolute atomic E-state index is 8.82. The Morgan fingerprint density at radius 3 is 3.11 bits per heavy atom. The molecule has 3 N–H and O–H groups in total. The Morgan fingerprint density at radius 1 is 1.37 bits per heavy atom. The van der Waals surface area contributed by atoms with Crippen molar-refractivity contribution in [2.75, 3.05) is 12.3 Å². The molecular weight excluding hydrogens is 242 g/mol. The summed E-state index contributed by atoms with van der Waals surface area (Å²) in [6, 6.07) is 0.396. The summed E-state index contributed by atoms with van der Waals surface area (Å²) < 4.78 is 2.10. The molecule has 100 valence electrons. The van der Waals surface area contributed by atoms with Crippen LogP contribution in [0.4, 0.5) is 5.82 Å². The van der Waals surface area contributed by atoms with Gasteiger partial charge in [-0.05, 0) is 25.2 Å². The number of nitrogens with two attached hydrogens (primary N) is 1. The smallest absolute Gasteiger partial charge is 0.165 e. The van der Waals surface area contributed by atoms with Crippen LogP contribution in [0.2, 0.25) is 0 Å². The summed E-state index contributed by atoms with van der Waals surface area (Å²) in [6.07, 6.45) is 10.5. The van der Waals surface area contributed by atoms with Gasteiger partial charge in [-0.1, -0.05) is 12.2 Å². The van der Waals surface area contributed by atoms with E-state index in [2.05, 4.69) is 25.6 Å².